The molecule has 1 amide bonds. The summed E-state index contributed by atoms with van der Waals surface area (Å²) >= 11 is 1.68. The van der Waals surface area contributed by atoms with Crippen molar-refractivity contribution in [2.45, 2.75) is 13.3 Å². The lowest BCUT2D eigenvalue weighted by Gasteiger charge is -2.30. The van der Waals surface area contributed by atoms with Gasteiger partial charge in [0.05, 0.1) is 20.9 Å². The van der Waals surface area contributed by atoms with E-state index in [4.69, 9.17) is 0 Å². The predicted molar refractivity (Wildman–Crippen MR) is 123 cm³/mol. The molecule has 0 saturated carbocycles. The van der Waals surface area contributed by atoms with E-state index in [-0.39, 0.29) is 5.91 Å². The quantitative estimate of drug-likeness (QED) is 0.805. The standard InChI is InChI=1S/C24H24N4OS/c1-17-26-22-9-6-19(14-23(22)30-17)18-4-2-5-20-7-8-21(16-28(20)24(29)15-18)27-12-3-10-25-11-13-27/h2,4-9,14-16,25H,3,10-13H2,1H3/b4-2?,18-15?,20-5+. The van der Waals surface area contributed by atoms with Gasteiger partial charge >= 0.3 is 0 Å². The lowest BCUT2D eigenvalue weighted by molar-refractivity contribution is -0.122. The van der Waals surface area contributed by atoms with Crippen molar-refractivity contribution < 1.29 is 4.79 Å². The van der Waals surface area contributed by atoms with E-state index in [9.17, 15) is 4.79 Å². The second kappa shape index (κ2) is 8.05. The van der Waals surface area contributed by atoms with Gasteiger partial charge in [0.25, 0.3) is 5.91 Å². The van der Waals surface area contributed by atoms with Crippen molar-refractivity contribution in [3.05, 3.63) is 82.8 Å². The van der Waals surface area contributed by atoms with Crippen LogP contribution in [0.2, 0.25) is 0 Å². The van der Waals surface area contributed by atoms with Crippen LogP contribution >= 0.6 is 11.3 Å². The highest BCUT2D eigenvalue weighted by atomic mass is 32.1. The minimum absolute atomic E-state index is 0.0315. The Morgan fingerprint density at radius 2 is 2.00 bits per heavy atom. The number of aryl methyl sites for hydroxylation is 1. The molecule has 5 nitrogen and oxygen atoms in total. The maximum absolute atomic E-state index is 13.2. The van der Waals surface area contributed by atoms with Crippen molar-refractivity contribution in [1.82, 2.24) is 20.1 Å². The number of hydrogen-bond donors (Lipinski definition) is 1. The summed E-state index contributed by atoms with van der Waals surface area (Å²) in [5, 5.41) is 4.48. The van der Waals surface area contributed by atoms with Crippen LogP contribution in [0, 0.1) is 6.92 Å². The SMILES string of the molecule is Cc1nc2ccc(C3=CC(=O)N4C=C(N5CCCNCC5)C=C/C4=C\C=C3)cc2s1. The van der Waals surface area contributed by atoms with E-state index in [0.29, 0.717) is 0 Å². The molecule has 3 aliphatic rings. The van der Waals surface area contributed by atoms with Crippen LogP contribution in [0.25, 0.3) is 15.8 Å². The maximum atomic E-state index is 13.2. The Morgan fingerprint density at radius 3 is 2.93 bits per heavy atom. The molecule has 4 heterocycles. The van der Waals surface area contributed by atoms with Crippen LogP contribution < -0.4 is 5.32 Å². The van der Waals surface area contributed by atoms with Gasteiger partial charge in [-0.1, -0.05) is 18.2 Å². The second-order valence-corrected chi connectivity index (χ2v) is 8.89. The van der Waals surface area contributed by atoms with Crippen molar-refractivity contribution in [2.75, 3.05) is 26.2 Å². The molecule has 0 unspecified atom stereocenters. The summed E-state index contributed by atoms with van der Waals surface area (Å²) in [5.41, 5.74) is 4.92. The molecular formula is C24H24N4OS. The van der Waals surface area contributed by atoms with E-state index in [1.165, 1.54) is 0 Å². The molecule has 1 fully saturated rings. The Balaban J connectivity index is 1.47. The van der Waals surface area contributed by atoms with Crippen LogP contribution in [0.15, 0.2) is 72.2 Å². The normalized spacial score (nSPS) is 21.4. The van der Waals surface area contributed by atoms with Gasteiger partial charge in [0.15, 0.2) is 0 Å². The third kappa shape index (κ3) is 3.76. The molecule has 5 rings (SSSR count). The predicted octanol–water partition coefficient (Wildman–Crippen LogP) is 3.98. The molecule has 3 aliphatic heterocycles. The molecule has 152 valence electrons. The molecule has 1 aromatic heterocycles. The maximum Gasteiger partial charge on any atom is 0.255 e. The highest BCUT2D eigenvalue weighted by molar-refractivity contribution is 7.18. The zero-order valence-corrected chi connectivity index (χ0v) is 17.8. The van der Waals surface area contributed by atoms with E-state index in [1.54, 1.807) is 22.3 Å². The fourth-order valence-corrected chi connectivity index (χ4v) is 4.89. The Bertz CT molecular complexity index is 1140. The summed E-state index contributed by atoms with van der Waals surface area (Å²) in [6.45, 7) is 5.98. The summed E-state index contributed by atoms with van der Waals surface area (Å²) in [4.78, 5) is 21.8. The van der Waals surface area contributed by atoms with Crippen LogP contribution in [0.4, 0.5) is 0 Å². The van der Waals surface area contributed by atoms with Gasteiger partial charge in [-0.25, -0.2) is 4.98 Å². The topological polar surface area (TPSA) is 48.5 Å². The number of benzene rings is 1. The molecule has 2 aromatic rings. The summed E-state index contributed by atoms with van der Waals surface area (Å²) in [6.07, 6.45) is 15.0. The average molecular weight is 417 g/mol. The molecule has 1 N–H and O–H groups in total. The second-order valence-electron chi connectivity index (χ2n) is 7.65. The number of rotatable bonds is 2. The number of hydrogen-bond acceptors (Lipinski definition) is 5. The van der Waals surface area contributed by atoms with Crippen molar-refractivity contribution in [1.29, 1.82) is 0 Å². The van der Waals surface area contributed by atoms with Gasteiger partial charge in [0.1, 0.15) is 0 Å². The smallest absolute Gasteiger partial charge is 0.255 e. The number of amides is 1. The Kier molecular flexibility index (Phi) is 5.11. The van der Waals surface area contributed by atoms with Crippen LogP contribution in [0.3, 0.4) is 0 Å². The molecule has 1 aromatic carbocycles. The zero-order chi connectivity index (χ0) is 20.5. The van der Waals surface area contributed by atoms with E-state index >= 15 is 0 Å². The van der Waals surface area contributed by atoms with E-state index in [0.717, 1.165) is 70.4 Å². The van der Waals surface area contributed by atoms with Crippen molar-refractivity contribution >= 4 is 33.0 Å². The zero-order valence-electron chi connectivity index (χ0n) is 17.0. The number of nitrogens with one attached hydrogen (secondary N) is 1. The van der Waals surface area contributed by atoms with E-state index < -0.39 is 0 Å². The molecule has 0 radical (unpaired) electrons. The molecular weight excluding hydrogens is 392 g/mol. The molecule has 6 heteroatoms. The Hall–Kier alpha value is -2.96. The molecule has 30 heavy (non-hydrogen) atoms. The number of carbonyl (C=O) groups is 1. The number of allylic oxidation sites excluding steroid dienone is 6. The average Bonchev–Trinajstić information content (AvgIpc) is 2.92. The first-order valence-corrected chi connectivity index (χ1v) is 11.2. The summed E-state index contributed by atoms with van der Waals surface area (Å²) in [7, 11) is 0. The van der Waals surface area contributed by atoms with Gasteiger partial charge in [-0.05, 0) is 61.4 Å². The van der Waals surface area contributed by atoms with E-state index in [2.05, 4.69) is 27.3 Å². The van der Waals surface area contributed by atoms with Gasteiger partial charge < -0.3 is 10.2 Å². The van der Waals surface area contributed by atoms with Crippen LogP contribution in [-0.2, 0) is 4.79 Å². The highest BCUT2D eigenvalue weighted by Crippen LogP contribution is 2.28. The summed E-state index contributed by atoms with van der Waals surface area (Å²) < 4.78 is 1.14. The third-order valence-electron chi connectivity index (χ3n) is 5.56. The van der Waals surface area contributed by atoms with Gasteiger partial charge in [-0.2, -0.15) is 0 Å². The first-order valence-electron chi connectivity index (χ1n) is 10.3. The minimum atomic E-state index is -0.0315. The van der Waals surface area contributed by atoms with Crippen LogP contribution in [-0.4, -0.2) is 46.9 Å². The van der Waals surface area contributed by atoms with Gasteiger partial charge in [0.2, 0.25) is 0 Å². The fourth-order valence-electron chi connectivity index (χ4n) is 4.02. The van der Waals surface area contributed by atoms with Crippen molar-refractivity contribution in [3.8, 4) is 0 Å². The fraction of sp³-hybridized carbons (Fsp3) is 0.250. The highest BCUT2D eigenvalue weighted by Gasteiger charge is 2.21. The summed E-state index contributed by atoms with van der Waals surface area (Å²) in [6, 6.07) is 6.19. The van der Waals surface area contributed by atoms with Gasteiger partial charge in [-0.15, -0.1) is 11.3 Å². The molecule has 0 bridgehead atoms. The lowest BCUT2D eigenvalue weighted by atomic mass is 10.0. The van der Waals surface area contributed by atoms with Crippen molar-refractivity contribution in [2.24, 2.45) is 0 Å². The number of fused-ring (bicyclic) bond motifs is 2. The van der Waals surface area contributed by atoms with Gasteiger partial charge in [-0.3, -0.25) is 9.69 Å². The first kappa shape index (κ1) is 19.0. The summed E-state index contributed by atoms with van der Waals surface area (Å²) in [5.74, 6) is -0.0315. The Labute approximate surface area is 180 Å². The van der Waals surface area contributed by atoms with Crippen LogP contribution in [0.1, 0.15) is 17.0 Å². The monoisotopic (exact) mass is 416 g/mol. The molecule has 1 saturated heterocycles. The Morgan fingerprint density at radius 1 is 1.10 bits per heavy atom. The van der Waals surface area contributed by atoms with Crippen molar-refractivity contribution in [3.63, 3.8) is 0 Å². The third-order valence-corrected chi connectivity index (χ3v) is 6.49. The number of nitrogens with zero attached hydrogens (tertiary/aromatic N) is 3. The van der Waals surface area contributed by atoms with Gasteiger partial charge in [0, 0.05) is 37.6 Å². The van der Waals surface area contributed by atoms with E-state index in [1.807, 2.05) is 49.6 Å². The number of thiazole rings is 1. The minimum Gasteiger partial charge on any atom is -0.369 e. The lowest BCUT2D eigenvalue weighted by Crippen LogP contribution is -2.32. The van der Waals surface area contributed by atoms with Crippen LogP contribution in [0.5, 0.6) is 0 Å². The number of carbonyl (C=O) groups excluding carboxylic acids is 1. The molecule has 0 aliphatic carbocycles. The number of aromatic nitrogens is 1. The first-order chi connectivity index (χ1) is 14.7. The molecule has 0 spiro atoms. The molecule has 0 atom stereocenters. The largest absolute Gasteiger partial charge is 0.369 e.